The molecule has 0 bridgehead atoms. The highest BCUT2D eigenvalue weighted by Crippen LogP contribution is 2.30. The summed E-state index contributed by atoms with van der Waals surface area (Å²) in [6, 6.07) is 4.31. The number of hydrogen-bond donors (Lipinski definition) is 2. The van der Waals surface area contributed by atoms with Crippen molar-refractivity contribution in [3.63, 3.8) is 0 Å². The van der Waals surface area contributed by atoms with Crippen LogP contribution >= 0.6 is 0 Å². The number of halogens is 3. The number of hydrogen-bond acceptors (Lipinski definition) is 4. The van der Waals surface area contributed by atoms with Crippen LogP contribution in [0, 0.1) is 0 Å². The predicted octanol–water partition coefficient (Wildman–Crippen LogP) is 1.22. The van der Waals surface area contributed by atoms with E-state index in [9.17, 15) is 22.8 Å². The van der Waals surface area contributed by atoms with Gasteiger partial charge in [0.2, 0.25) is 5.91 Å². The Hall–Kier alpha value is -2.29. The van der Waals surface area contributed by atoms with Crippen LogP contribution in [-0.4, -0.2) is 55.2 Å². The number of carbonyl (C=O) groups is 2. The minimum absolute atomic E-state index is 0.0103. The van der Waals surface area contributed by atoms with Crippen molar-refractivity contribution >= 4 is 11.9 Å². The number of aliphatic carboxylic acids is 1. The Morgan fingerprint density at radius 3 is 2.39 bits per heavy atom. The molecule has 23 heavy (non-hydrogen) atoms. The molecule has 0 saturated heterocycles. The van der Waals surface area contributed by atoms with Crippen LogP contribution in [0.2, 0.25) is 0 Å². The number of alkyl halides is 3. The van der Waals surface area contributed by atoms with Gasteiger partial charge in [0.25, 0.3) is 0 Å². The van der Waals surface area contributed by atoms with Gasteiger partial charge in [-0.1, -0.05) is 0 Å². The highest BCUT2D eigenvalue weighted by Gasteiger charge is 2.29. The highest BCUT2D eigenvalue weighted by molar-refractivity contribution is 5.82. The molecule has 0 saturated carbocycles. The third-order valence-corrected chi connectivity index (χ3v) is 2.77. The Bertz CT molecular complexity index is 532. The number of carboxylic acid groups (broad SMARTS) is 1. The van der Waals surface area contributed by atoms with E-state index in [-0.39, 0.29) is 13.2 Å². The Morgan fingerprint density at radius 2 is 1.87 bits per heavy atom. The minimum atomic E-state index is -4.39. The molecule has 0 radical (unpaired) electrons. The summed E-state index contributed by atoms with van der Waals surface area (Å²) in [6.07, 6.45) is -4.39. The van der Waals surface area contributed by atoms with Gasteiger partial charge in [-0.15, -0.1) is 0 Å². The number of likely N-dealkylation sites (N-methyl/N-ethyl adjacent to an activating group) is 1. The van der Waals surface area contributed by atoms with Gasteiger partial charge in [-0.3, -0.25) is 14.5 Å². The predicted molar refractivity (Wildman–Crippen MR) is 75.1 cm³/mol. The summed E-state index contributed by atoms with van der Waals surface area (Å²) in [5.41, 5.74) is -0.753. The van der Waals surface area contributed by atoms with Crippen LogP contribution in [0.15, 0.2) is 24.3 Å². The van der Waals surface area contributed by atoms with Crippen LogP contribution < -0.4 is 10.1 Å². The summed E-state index contributed by atoms with van der Waals surface area (Å²) in [5.74, 6) is -1.28. The van der Waals surface area contributed by atoms with E-state index >= 15 is 0 Å². The van der Waals surface area contributed by atoms with Gasteiger partial charge in [-0.25, -0.2) is 0 Å². The van der Waals surface area contributed by atoms with Gasteiger partial charge >= 0.3 is 12.1 Å². The van der Waals surface area contributed by atoms with E-state index in [4.69, 9.17) is 9.84 Å². The normalized spacial score (nSPS) is 11.3. The van der Waals surface area contributed by atoms with Gasteiger partial charge in [0.05, 0.1) is 12.1 Å². The number of nitrogens with zero attached hydrogens (tertiary/aromatic N) is 1. The fourth-order valence-corrected chi connectivity index (χ4v) is 1.61. The molecule has 0 heterocycles. The molecule has 0 unspecified atom stereocenters. The van der Waals surface area contributed by atoms with Crippen LogP contribution in [0.4, 0.5) is 13.2 Å². The first kappa shape index (κ1) is 18.8. The highest BCUT2D eigenvalue weighted by atomic mass is 19.4. The topological polar surface area (TPSA) is 78.9 Å². The first-order valence-electron chi connectivity index (χ1n) is 6.65. The largest absolute Gasteiger partial charge is 0.492 e. The van der Waals surface area contributed by atoms with E-state index in [2.05, 4.69) is 5.32 Å². The van der Waals surface area contributed by atoms with E-state index in [0.29, 0.717) is 12.3 Å². The molecule has 0 aromatic heterocycles. The second kappa shape index (κ2) is 8.37. The molecule has 0 aliphatic heterocycles. The van der Waals surface area contributed by atoms with Crippen molar-refractivity contribution in [3.05, 3.63) is 29.8 Å². The Kier molecular flexibility index (Phi) is 6.83. The monoisotopic (exact) mass is 334 g/mol. The van der Waals surface area contributed by atoms with E-state index < -0.39 is 30.2 Å². The number of ether oxygens (including phenoxy) is 1. The van der Waals surface area contributed by atoms with Crippen LogP contribution in [-0.2, 0) is 15.8 Å². The molecule has 2 N–H and O–H groups in total. The molecule has 128 valence electrons. The summed E-state index contributed by atoms with van der Waals surface area (Å²) in [6.45, 7) is 0.0635. The molecule has 9 heteroatoms. The number of carboxylic acids is 1. The quantitative estimate of drug-likeness (QED) is 0.747. The van der Waals surface area contributed by atoms with Crippen molar-refractivity contribution in [2.75, 3.05) is 33.3 Å². The maximum Gasteiger partial charge on any atom is 0.416 e. The number of nitrogens with one attached hydrogen (secondary N) is 1. The first-order chi connectivity index (χ1) is 10.7. The Labute approximate surface area is 130 Å². The number of benzene rings is 1. The second-order valence-electron chi connectivity index (χ2n) is 4.78. The smallest absolute Gasteiger partial charge is 0.416 e. The van der Waals surface area contributed by atoms with Crippen LogP contribution in [0.25, 0.3) is 0 Å². The van der Waals surface area contributed by atoms with Gasteiger partial charge in [-0.05, 0) is 31.3 Å². The third kappa shape index (κ3) is 7.50. The molecular formula is C14H17F3N2O4. The van der Waals surface area contributed by atoms with Gasteiger partial charge in [0.15, 0.2) is 0 Å². The maximum absolute atomic E-state index is 12.4. The van der Waals surface area contributed by atoms with E-state index in [0.717, 1.165) is 12.1 Å². The minimum Gasteiger partial charge on any atom is -0.492 e. The maximum atomic E-state index is 12.4. The van der Waals surface area contributed by atoms with Gasteiger partial charge in [0.1, 0.15) is 18.9 Å². The molecule has 0 aliphatic rings. The Balaban J connectivity index is 2.30. The number of rotatable bonds is 8. The zero-order chi connectivity index (χ0) is 17.5. The van der Waals surface area contributed by atoms with Crippen LogP contribution in [0.5, 0.6) is 5.75 Å². The van der Waals surface area contributed by atoms with E-state index in [1.54, 1.807) is 11.9 Å². The molecule has 1 aromatic rings. The van der Waals surface area contributed by atoms with Crippen molar-refractivity contribution in [2.24, 2.45) is 0 Å². The lowest BCUT2D eigenvalue weighted by Gasteiger charge is -2.16. The fourth-order valence-electron chi connectivity index (χ4n) is 1.61. The summed E-state index contributed by atoms with van der Waals surface area (Å²) in [4.78, 5) is 23.2. The van der Waals surface area contributed by atoms with Gasteiger partial charge in [-0.2, -0.15) is 13.2 Å². The Morgan fingerprint density at radius 1 is 1.26 bits per heavy atom. The SMILES string of the molecule is CN(CCOc1ccc(C(F)(F)F)cc1)CC(=O)NCC(=O)O. The molecular weight excluding hydrogens is 317 g/mol. The van der Waals surface area contributed by atoms with E-state index in [1.165, 1.54) is 12.1 Å². The summed E-state index contributed by atoms with van der Waals surface area (Å²) in [5, 5.41) is 10.6. The van der Waals surface area contributed by atoms with Gasteiger partial charge in [0, 0.05) is 6.54 Å². The number of amides is 1. The zero-order valence-corrected chi connectivity index (χ0v) is 12.4. The van der Waals surface area contributed by atoms with Crippen molar-refractivity contribution in [1.82, 2.24) is 10.2 Å². The second-order valence-corrected chi connectivity index (χ2v) is 4.78. The fraction of sp³-hybridized carbons (Fsp3) is 0.429. The molecule has 1 aromatic carbocycles. The average Bonchev–Trinajstić information content (AvgIpc) is 2.44. The van der Waals surface area contributed by atoms with Crippen LogP contribution in [0.1, 0.15) is 5.56 Å². The van der Waals surface area contributed by atoms with E-state index in [1.807, 2.05) is 0 Å². The summed E-state index contributed by atoms with van der Waals surface area (Å²) >= 11 is 0. The molecule has 0 atom stereocenters. The standard InChI is InChI=1S/C14H17F3N2O4/c1-19(9-12(20)18-8-13(21)22)6-7-23-11-4-2-10(3-5-11)14(15,16)17/h2-5H,6-9H2,1H3,(H,18,20)(H,21,22). The average molecular weight is 334 g/mol. The van der Waals surface area contributed by atoms with Crippen molar-refractivity contribution in [1.29, 1.82) is 0 Å². The van der Waals surface area contributed by atoms with Gasteiger partial charge < -0.3 is 15.2 Å². The van der Waals surface area contributed by atoms with Crippen molar-refractivity contribution in [3.8, 4) is 5.75 Å². The third-order valence-electron chi connectivity index (χ3n) is 2.77. The summed E-state index contributed by atoms with van der Waals surface area (Å²) < 4.78 is 42.5. The molecule has 6 nitrogen and oxygen atoms in total. The zero-order valence-electron chi connectivity index (χ0n) is 12.4. The molecule has 1 rings (SSSR count). The molecule has 0 aliphatic carbocycles. The lowest BCUT2D eigenvalue weighted by atomic mass is 10.2. The summed E-state index contributed by atoms with van der Waals surface area (Å²) in [7, 11) is 1.64. The lowest BCUT2D eigenvalue weighted by Crippen LogP contribution is -2.38. The van der Waals surface area contributed by atoms with Crippen molar-refractivity contribution < 1.29 is 32.6 Å². The van der Waals surface area contributed by atoms with Crippen molar-refractivity contribution in [2.45, 2.75) is 6.18 Å². The number of carbonyl (C=O) groups excluding carboxylic acids is 1. The van der Waals surface area contributed by atoms with Crippen LogP contribution in [0.3, 0.4) is 0 Å². The molecule has 0 fully saturated rings. The molecule has 0 spiro atoms. The lowest BCUT2D eigenvalue weighted by molar-refractivity contribution is -0.138. The molecule has 1 amide bonds. The first-order valence-corrected chi connectivity index (χ1v) is 6.65.